The molecule has 0 aromatic carbocycles. The van der Waals surface area contributed by atoms with Crippen LogP contribution in [0.2, 0.25) is 5.54 Å². The number of hydrogen-bond acceptors (Lipinski definition) is 1. The fourth-order valence-electron chi connectivity index (χ4n) is 1.76. The molecule has 0 N–H and O–H groups in total. The van der Waals surface area contributed by atoms with Crippen molar-refractivity contribution >= 4 is 9.52 Å². The molecule has 1 nitrogen and oxygen atoms in total. The maximum absolute atomic E-state index is 5.11. The third-order valence-electron chi connectivity index (χ3n) is 2.45. The van der Waals surface area contributed by atoms with Gasteiger partial charge in [0.25, 0.3) is 0 Å². The summed E-state index contributed by atoms with van der Waals surface area (Å²) in [4.78, 5) is 0. The van der Waals surface area contributed by atoms with Crippen LogP contribution in [-0.4, -0.2) is 22.9 Å². The summed E-state index contributed by atoms with van der Waals surface area (Å²) in [5.74, 6) is 0. The van der Waals surface area contributed by atoms with E-state index < -0.39 is 0 Å². The lowest BCUT2D eigenvalue weighted by molar-refractivity contribution is 0.249. The van der Waals surface area contributed by atoms with Gasteiger partial charge in [-0.1, -0.05) is 32.1 Å². The molecular formula is C8H18OSi. The zero-order valence-corrected chi connectivity index (χ0v) is 8.35. The predicted octanol–water partition coefficient (Wildman–Crippen LogP) is 1.51. The summed E-state index contributed by atoms with van der Waals surface area (Å²) in [6, 6.07) is 0. The van der Waals surface area contributed by atoms with Crippen LogP contribution in [0.25, 0.3) is 0 Å². The molecule has 0 aromatic heterocycles. The normalized spacial score (nSPS) is 22.5. The van der Waals surface area contributed by atoms with Crippen LogP contribution in [0.3, 0.4) is 0 Å². The molecular weight excluding hydrogens is 140 g/mol. The van der Waals surface area contributed by atoms with Crippen molar-refractivity contribution in [3.05, 3.63) is 0 Å². The molecule has 0 radical (unpaired) electrons. The Morgan fingerprint density at radius 3 is 2.60 bits per heavy atom. The first-order chi connectivity index (χ1) is 4.93. The first kappa shape index (κ1) is 8.28. The van der Waals surface area contributed by atoms with Gasteiger partial charge in [-0.2, -0.15) is 0 Å². The van der Waals surface area contributed by atoms with Crippen molar-refractivity contribution in [3.63, 3.8) is 0 Å². The van der Waals surface area contributed by atoms with Gasteiger partial charge in [0.1, 0.15) is 0 Å². The van der Waals surface area contributed by atoms with Gasteiger partial charge in [-0.25, -0.2) is 0 Å². The minimum atomic E-state index is 0.143. The summed E-state index contributed by atoms with van der Waals surface area (Å²) in [6.45, 7) is 0. The largest absolute Gasteiger partial charge is 0.389 e. The second-order valence-corrected chi connectivity index (χ2v) is 5.43. The average Bonchev–Trinajstić information content (AvgIpc) is 2.03. The molecule has 10 heavy (non-hydrogen) atoms. The van der Waals surface area contributed by atoms with E-state index in [0.29, 0.717) is 0 Å². The molecule has 1 aliphatic rings. The van der Waals surface area contributed by atoms with E-state index in [-0.39, 0.29) is 9.52 Å². The molecule has 1 fully saturated rings. The van der Waals surface area contributed by atoms with E-state index in [0.717, 1.165) is 11.8 Å². The highest BCUT2D eigenvalue weighted by atomic mass is 28.2. The maximum Gasteiger partial charge on any atom is 0.0547 e. The van der Waals surface area contributed by atoms with Crippen LogP contribution >= 0.6 is 0 Å². The molecule has 0 bridgehead atoms. The molecule has 0 atom stereocenters. The molecule has 0 aromatic rings. The number of rotatable bonds is 3. The van der Waals surface area contributed by atoms with Crippen LogP contribution in [0.4, 0.5) is 0 Å². The summed E-state index contributed by atoms with van der Waals surface area (Å²) in [7, 11) is 1.97. The van der Waals surface area contributed by atoms with Gasteiger partial charge < -0.3 is 4.74 Å². The molecule has 0 spiro atoms. The highest BCUT2D eigenvalue weighted by Gasteiger charge is 2.12. The summed E-state index contributed by atoms with van der Waals surface area (Å²) in [5, 5.41) is 0. The molecule has 0 amide bonds. The molecule has 1 rings (SSSR count). The molecule has 1 aliphatic carbocycles. The Bertz CT molecular complexity index is 79.3. The highest BCUT2D eigenvalue weighted by Crippen LogP contribution is 2.27. The number of hydrogen-bond donors (Lipinski definition) is 0. The van der Waals surface area contributed by atoms with E-state index in [2.05, 4.69) is 0 Å². The quantitative estimate of drug-likeness (QED) is 0.566. The van der Waals surface area contributed by atoms with Gasteiger partial charge in [0.15, 0.2) is 0 Å². The molecule has 1 saturated carbocycles. The van der Waals surface area contributed by atoms with Gasteiger partial charge in [0.05, 0.1) is 9.52 Å². The molecule has 0 heterocycles. The van der Waals surface area contributed by atoms with Gasteiger partial charge in [-0.3, -0.25) is 0 Å². The Labute approximate surface area is 66.0 Å². The minimum absolute atomic E-state index is 0.143. The van der Waals surface area contributed by atoms with Crippen molar-refractivity contribution in [2.45, 2.75) is 37.6 Å². The zero-order valence-electron chi connectivity index (χ0n) is 6.94. The third-order valence-corrected chi connectivity index (χ3v) is 4.73. The van der Waals surface area contributed by atoms with Gasteiger partial charge in [-0.05, 0) is 5.54 Å². The summed E-state index contributed by atoms with van der Waals surface area (Å²) >= 11 is 0. The van der Waals surface area contributed by atoms with Crippen LogP contribution in [0.1, 0.15) is 32.1 Å². The molecule has 0 saturated heterocycles. The lowest BCUT2D eigenvalue weighted by Crippen LogP contribution is -2.12. The van der Waals surface area contributed by atoms with E-state index in [4.69, 9.17) is 4.74 Å². The van der Waals surface area contributed by atoms with Crippen molar-refractivity contribution in [3.8, 4) is 0 Å². The Balaban J connectivity index is 2.02. The Morgan fingerprint density at radius 1 is 1.30 bits per heavy atom. The zero-order chi connectivity index (χ0) is 7.23. The third kappa shape index (κ3) is 2.84. The van der Waals surface area contributed by atoms with Crippen molar-refractivity contribution in [1.29, 1.82) is 0 Å². The second kappa shape index (κ2) is 4.91. The highest BCUT2D eigenvalue weighted by molar-refractivity contribution is 6.37. The van der Waals surface area contributed by atoms with Gasteiger partial charge in [0, 0.05) is 13.3 Å². The SMILES string of the molecule is COC[SiH2]C1CCCCC1. The van der Waals surface area contributed by atoms with E-state index in [1.807, 2.05) is 7.11 Å². The van der Waals surface area contributed by atoms with E-state index >= 15 is 0 Å². The summed E-state index contributed by atoms with van der Waals surface area (Å²) in [6.07, 6.45) is 8.58. The smallest absolute Gasteiger partial charge is 0.0547 e. The first-order valence-electron chi connectivity index (χ1n) is 4.42. The van der Waals surface area contributed by atoms with Gasteiger partial charge >= 0.3 is 0 Å². The Kier molecular flexibility index (Phi) is 4.06. The topological polar surface area (TPSA) is 9.23 Å². The standard InChI is InChI=1S/C8H18OSi/c1-9-7-10-8-5-3-2-4-6-8/h8H,2-7,10H2,1H3. The second-order valence-electron chi connectivity index (χ2n) is 3.29. The molecule has 60 valence electrons. The molecule has 2 heteroatoms. The van der Waals surface area contributed by atoms with Crippen LogP contribution < -0.4 is 0 Å². The van der Waals surface area contributed by atoms with Crippen LogP contribution in [0.15, 0.2) is 0 Å². The van der Waals surface area contributed by atoms with E-state index in [1.54, 1.807) is 0 Å². The van der Waals surface area contributed by atoms with Crippen molar-refractivity contribution in [2.75, 3.05) is 13.3 Å². The van der Waals surface area contributed by atoms with Crippen molar-refractivity contribution < 1.29 is 4.74 Å². The Morgan fingerprint density at radius 2 is 2.00 bits per heavy atom. The van der Waals surface area contributed by atoms with Gasteiger partial charge in [0.2, 0.25) is 0 Å². The summed E-state index contributed by atoms with van der Waals surface area (Å²) < 4.78 is 5.11. The minimum Gasteiger partial charge on any atom is -0.389 e. The lowest BCUT2D eigenvalue weighted by Gasteiger charge is -2.20. The van der Waals surface area contributed by atoms with E-state index in [9.17, 15) is 0 Å². The summed E-state index contributed by atoms with van der Waals surface area (Å²) in [5.41, 5.74) is 1.12. The van der Waals surface area contributed by atoms with Gasteiger partial charge in [-0.15, -0.1) is 0 Å². The average molecular weight is 158 g/mol. The molecule has 0 aliphatic heterocycles. The number of ether oxygens (including phenoxy) is 1. The van der Waals surface area contributed by atoms with Crippen LogP contribution in [0.5, 0.6) is 0 Å². The fraction of sp³-hybridized carbons (Fsp3) is 1.00. The van der Waals surface area contributed by atoms with Crippen molar-refractivity contribution in [2.24, 2.45) is 0 Å². The van der Waals surface area contributed by atoms with Crippen molar-refractivity contribution in [1.82, 2.24) is 0 Å². The van der Waals surface area contributed by atoms with E-state index in [1.165, 1.54) is 32.1 Å². The number of methoxy groups -OCH3 is 1. The lowest BCUT2D eigenvalue weighted by atomic mass is 10.0. The first-order valence-corrected chi connectivity index (χ1v) is 6.24. The maximum atomic E-state index is 5.11. The predicted molar refractivity (Wildman–Crippen MR) is 47.3 cm³/mol. The molecule has 0 unspecified atom stereocenters. The van der Waals surface area contributed by atoms with Crippen LogP contribution in [-0.2, 0) is 4.74 Å². The fourth-order valence-corrected chi connectivity index (χ4v) is 3.48. The monoisotopic (exact) mass is 158 g/mol. The van der Waals surface area contributed by atoms with Crippen LogP contribution in [0, 0.1) is 0 Å². The Hall–Kier alpha value is 0.177.